The summed E-state index contributed by atoms with van der Waals surface area (Å²) in [6.07, 6.45) is 5.03. The molecule has 0 saturated heterocycles. The molecule has 1 aliphatic rings. The highest BCUT2D eigenvalue weighted by Crippen LogP contribution is 2.24. The van der Waals surface area contributed by atoms with Crippen molar-refractivity contribution in [1.82, 2.24) is 10.2 Å². The highest BCUT2D eigenvalue weighted by atomic mass is 16.5. The zero-order chi connectivity index (χ0) is 16.7. The molecule has 4 nitrogen and oxygen atoms in total. The Hall–Kier alpha value is -1.55. The minimum Gasteiger partial charge on any atom is -0.492 e. The number of ether oxygens (including phenoxy) is 1. The fourth-order valence-electron chi connectivity index (χ4n) is 3.26. The van der Waals surface area contributed by atoms with E-state index in [1.54, 1.807) is 0 Å². The summed E-state index contributed by atoms with van der Waals surface area (Å²) >= 11 is 0. The molecule has 1 fully saturated rings. The maximum atomic E-state index is 12.2. The minimum atomic E-state index is 0.0958. The van der Waals surface area contributed by atoms with Gasteiger partial charge in [0.25, 0.3) is 0 Å². The molecule has 0 spiro atoms. The van der Waals surface area contributed by atoms with Crippen LogP contribution < -0.4 is 10.1 Å². The van der Waals surface area contributed by atoms with Gasteiger partial charge in [0.1, 0.15) is 12.4 Å². The number of nitrogens with one attached hydrogen (secondary N) is 1. The lowest BCUT2D eigenvalue weighted by molar-refractivity contribution is -0.123. The normalized spacial score (nSPS) is 15.3. The van der Waals surface area contributed by atoms with Crippen molar-refractivity contribution in [2.24, 2.45) is 0 Å². The summed E-state index contributed by atoms with van der Waals surface area (Å²) < 4.78 is 5.66. The van der Waals surface area contributed by atoms with Gasteiger partial charge >= 0.3 is 0 Å². The second kappa shape index (κ2) is 8.92. The third-order valence-corrected chi connectivity index (χ3v) is 4.47. The van der Waals surface area contributed by atoms with Gasteiger partial charge in [-0.2, -0.15) is 0 Å². The van der Waals surface area contributed by atoms with Gasteiger partial charge in [-0.3, -0.25) is 9.69 Å². The van der Waals surface area contributed by atoms with Crippen molar-refractivity contribution in [2.75, 3.05) is 19.7 Å². The number of hydrogen-bond donors (Lipinski definition) is 1. The predicted molar refractivity (Wildman–Crippen MR) is 93.8 cm³/mol. The molecule has 0 radical (unpaired) electrons. The summed E-state index contributed by atoms with van der Waals surface area (Å²) in [5, 5.41) is 2.97. The molecule has 2 rings (SSSR count). The number of nitrogens with zero attached hydrogens (tertiary/aromatic N) is 1. The van der Waals surface area contributed by atoms with E-state index in [0.29, 0.717) is 31.8 Å². The zero-order valence-corrected chi connectivity index (χ0v) is 14.7. The molecular formula is C19H30N2O2. The average molecular weight is 318 g/mol. The molecule has 0 atom stereocenters. The summed E-state index contributed by atoms with van der Waals surface area (Å²) in [7, 11) is 0. The quantitative estimate of drug-likeness (QED) is 0.749. The Kier molecular flexibility index (Phi) is 6.90. The molecule has 1 aromatic rings. The van der Waals surface area contributed by atoms with Crippen LogP contribution in [-0.4, -0.2) is 42.6 Å². The lowest BCUT2D eigenvalue weighted by atomic mass is 10.1. The molecule has 1 N–H and O–H groups in total. The summed E-state index contributed by atoms with van der Waals surface area (Å²) in [4.78, 5) is 14.5. The van der Waals surface area contributed by atoms with Crippen molar-refractivity contribution in [3.05, 3.63) is 29.8 Å². The van der Waals surface area contributed by atoms with Gasteiger partial charge in [0.2, 0.25) is 5.91 Å². The molecule has 0 unspecified atom stereocenters. The Morgan fingerprint density at radius 2 is 2.09 bits per heavy atom. The van der Waals surface area contributed by atoms with Crippen LogP contribution in [0.3, 0.4) is 0 Å². The number of rotatable bonds is 8. The van der Waals surface area contributed by atoms with Crippen LogP contribution >= 0.6 is 0 Å². The van der Waals surface area contributed by atoms with E-state index in [4.69, 9.17) is 4.74 Å². The Morgan fingerprint density at radius 1 is 1.35 bits per heavy atom. The first-order valence-corrected chi connectivity index (χ1v) is 8.78. The summed E-state index contributed by atoms with van der Waals surface area (Å²) in [5.41, 5.74) is 1.18. The Bertz CT molecular complexity index is 496. The van der Waals surface area contributed by atoms with E-state index >= 15 is 0 Å². The van der Waals surface area contributed by atoms with Crippen LogP contribution in [0.4, 0.5) is 0 Å². The van der Waals surface area contributed by atoms with E-state index in [1.807, 2.05) is 31.2 Å². The van der Waals surface area contributed by atoms with E-state index < -0.39 is 0 Å². The third-order valence-electron chi connectivity index (χ3n) is 4.47. The molecule has 1 amide bonds. The van der Waals surface area contributed by atoms with Crippen LogP contribution in [-0.2, 0) is 4.79 Å². The number of amides is 1. The highest BCUT2D eigenvalue weighted by molar-refractivity contribution is 5.78. The van der Waals surface area contributed by atoms with Crippen LogP contribution in [0.5, 0.6) is 5.75 Å². The summed E-state index contributed by atoms with van der Waals surface area (Å²) in [6.45, 7) is 7.92. The van der Waals surface area contributed by atoms with E-state index in [2.05, 4.69) is 24.1 Å². The minimum absolute atomic E-state index is 0.0958. The van der Waals surface area contributed by atoms with E-state index in [9.17, 15) is 4.79 Å². The smallest absolute Gasteiger partial charge is 0.234 e. The van der Waals surface area contributed by atoms with E-state index in [-0.39, 0.29) is 5.91 Å². The molecular weight excluding hydrogens is 288 g/mol. The lowest BCUT2D eigenvalue weighted by Crippen LogP contribution is -2.46. The molecule has 0 aromatic heterocycles. The van der Waals surface area contributed by atoms with Gasteiger partial charge in [0.05, 0.1) is 13.1 Å². The molecule has 4 heteroatoms. The van der Waals surface area contributed by atoms with Crippen molar-refractivity contribution in [2.45, 2.75) is 58.5 Å². The average Bonchev–Trinajstić information content (AvgIpc) is 3.03. The molecule has 1 aromatic carbocycles. The number of benzene rings is 1. The predicted octanol–water partition coefficient (Wildman–Crippen LogP) is 3.14. The Labute approximate surface area is 140 Å². The van der Waals surface area contributed by atoms with Gasteiger partial charge in [-0.1, -0.05) is 25.0 Å². The van der Waals surface area contributed by atoms with Crippen LogP contribution in [0.15, 0.2) is 24.3 Å². The van der Waals surface area contributed by atoms with Crippen LogP contribution in [0, 0.1) is 6.92 Å². The molecule has 1 aliphatic carbocycles. The lowest BCUT2D eigenvalue weighted by Gasteiger charge is -2.31. The topological polar surface area (TPSA) is 41.6 Å². The molecule has 0 bridgehead atoms. The monoisotopic (exact) mass is 318 g/mol. The summed E-state index contributed by atoms with van der Waals surface area (Å²) in [5.74, 6) is 0.951. The molecule has 0 heterocycles. The number of carbonyl (C=O) groups excluding carboxylic acids is 1. The van der Waals surface area contributed by atoms with Crippen LogP contribution in [0.2, 0.25) is 0 Å². The molecule has 1 saturated carbocycles. The number of carbonyl (C=O) groups is 1. The number of hydrogen-bond acceptors (Lipinski definition) is 3. The molecule has 128 valence electrons. The number of aryl methyl sites for hydroxylation is 1. The Morgan fingerprint density at radius 3 is 2.74 bits per heavy atom. The highest BCUT2D eigenvalue weighted by Gasteiger charge is 2.26. The van der Waals surface area contributed by atoms with Crippen molar-refractivity contribution in [1.29, 1.82) is 0 Å². The third kappa shape index (κ3) is 5.87. The van der Waals surface area contributed by atoms with Gasteiger partial charge < -0.3 is 10.1 Å². The standard InChI is InChI=1S/C19H30N2O2/c1-15(2)21(17-8-4-5-9-17)14-19(22)20-11-12-23-18-10-6-7-16(3)13-18/h6-7,10,13,15,17H,4-5,8-9,11-12,14H2,1-3H3,(H,20,22). The largest absolute Gasteiger partial charge is 0.492 e. The van der Waals surface area contributed by atoms with Gasteiger partial charge in [0, 0.05) is 12.1 Å². The van der Waals surface area contributed by atoms with E-state index in [0.717, 1.165) is 5.75 Å². The zero-order valence-electron chi connectivity index (χ0n) is 14.7. The second-order valence-electron chi connectivity index (χ2n) is 6.72. The SMILES string of the molecule is Cc1cccc(OCCNC(=O)CN(C(C)C)C2CCCC2)c1. The van der Waals surface area contributed by atoms with Crippen molar-refractivity contribution < 1.29 is 9.53 Å². The first kappa shape index (κ1) is 17.8. The first-order valence-electron chi connectivity index (χ1n) is 8.78. The second-order valence-corrected chi connectivity index (χ2v) is 6.72. The molecule has 23 heavy (non-hydrogen) atoms. The van der Waals surface area contributed by atoms with Gasteiger partial charge in [-0.05, 0) is 51.3 Å². The Balaban J connectivity index is 1.69. The van der Waals surface area contributed by atoms with Crippen LogP contribution in [0.1, 0.15) is 45.1 Å². The summed E-state index contributed by atoms with van der Waals surface area (Å²) in [6, 6.07) is 8.94. The van der Waals surface area contributed by atoms with Gasteiger partial charge in [-0.15, -0.1) is 0 Å². The van der Waals surface area contributed by atoms with Gasteiger partial charge in [0.15, 0.2) is 0 Å². The fourth-order valence-corrected chi connectivity index (χ4v) is 3.26. The van der Waals surface area contributed by atoms with E-state index in [1.165, 1.54) is 31.2 Å². The van der Waals surface area contributed by atoms with Crippen molar-refractivity contribution >= 4 is 5.91 Å². The van der Waals surface area contributed by atoms with Crippen LogP contribution in [0.25, 0.3) is 0 Å². The maximum Gasteiger partial charge on any atom is 0.234 e. The fraction of sp³-hybridized carbons (Fsp3) is 0.632. The van der Waals surface area contributed by atoms with Gasteiger partial charge in [-0.25, -0.2) is 0 Å². The van der Waals surface area contributed by atoms with Crippen molar-refractivity contribution in [3.8, 4) is 5.75 Å². The first-order chi connectivity index (χ1) is 11.1. The molecule has 0 aliphatic heterocycles. The maximum absolute atomic E-state index is 12.2. The van der Waals surface area contributed by atoms with Crippen molar-refractivity contribution in [3.63, 3.8) is 0 Å².